The first-order valence-corrected chi connectivity index (χ1v) is 7.53. The molecule has 0 amide bonds. The van der Waals surface area contributed by atoms with Crippen molar-refractivity contribution in [1.82, 2.24) is 14.9 Å². The summed E-state index contributed by atoms with van der Waals surface area (Å²) in [6.45, 7) is 12.0. The zero-order valence-electron chi connectivity index (χ0n) is 13.0. The summed E-state index contributed by atoms with van der Waals surface area (Å²) in [5.41, 5.74) is 1.02. The lowest BCUT2D eigenvalue weighted by molar-refractivity contribution is -0.0710. The minimum atomic E-state index is 0.279. The molecule has 20 heavy (non-hydrogen) atoms. The molecule has 1 aromatic heterocycles. The lowest BCUT2D eigenvalue weighted by Gasteiger charge is -2.34. The molecule has 2 heterocycles. The molecule has 0 aromatic carbocycles. The van der Waals surface area contributed by atoms with E-state index < -0.39 is 0 Å². The fourth-order valence-electron chi connectivity index (χ4n) is 2.66. The van der Waals surface area contributed by atoms with E-state index in [2.05, 4.69) is 41.0 Å². The first-order valence-electron chi connectivity index (χ1n) is 7.53. The van der Waals surface area contributed by atoms with Gasteiger partial charge in [-0.05, 0) is 27.2 Å². The Morgan fingerprint density at radius 1 is 1.30 bits per heavy atom. The minimum absolute atomic E-state index is 0.279. The number of morpholine rings is 1. The number of hydrogen-bond donors (Lipinski definition) is 1. The van der Waals surface area contributed by atoms with Gasteiger partial charge < -0.3 is 10.1 Å². The summed E-state index contributed by atoms with van der Waals surface area (Å²) < 4.78 is 5.76. The number of anilines is 1. The Morgan fingerprint density at radius 3 is 2.65 bits per heavy atom. The Hall–Kier alpha value is -1.20. The van der Waals surface area contributed by atoms with Gasteiger partial charge in [0.1, 0.15) is 11.6 Å². The van der Waals surface area contributed by atoms with E-state index in [9.17, 15) is 0 Å². The molecule has 0 spiro atoms. The van der Waals surface area contributed by atoms with Gasteiger partial charge >= 0.3 is 0 Å². The van der Waals surface area contributed by atoms with Crippen LogP contribution in [-0.2, 0) is 11.3 Å². The SMILES string of the molecule is CCCNc1cc(C)nc(CN2CC(C)OC(C)C2)n1. The predicted molar refractivity (Wildman–Crippen MR) is 80.8 cm³/mol. The van der Waals surface area contributed by atoms with Crippen LogP contribution in [0.4, 0.5) is 5.82 Å². The largest absolute Gasteiger partial charge is 0.373 e. The Balaban J connectivity index is 2.02. The van der Waals surface area contributed by atoms with Gasteiger partial charge in [-0.2, -0.15) is 0 Å². The van der Waals surface area contributed by atoms with E-state index in [1.165, 1.54) is 0 Å². The van der Waals surface area contributed by atoms with Crippen LogP contribution < -0.4 is 5.32 Å². The zero-order valence-corrected chi connectivity index (χ0v) is 13.0. The lowest BCUT2D eigenvalue weighted by Crippen LogP contribution is -2.45. The van der Waals surface area contributed by atoms with Gasteiger partial charge in [0.25, 0.3) is 0 Å². The molecule has 1 fully saturated rings. The van der Waals surface area contributed by atoms with Crippen LogP contribution in [0, 0.1) is 6.92 Å². The summed E-state index contributed by atoms with van der Waals surface area (Å²) >= 11 is 0. The van der Waals surface area contributed by atoms with Crippen LogP contribution in [-0.4, -0.2) is 46.7 Å². The van der Waals surface area contributed by atoms with Crippen molar-refractivity contribution >= 4 is 5.82 Å². The highest BCUT2D eigenvalue weighted by molar-refractivity contribution is 5.35. The number of rotatable bonds is 5. The van der Waals surface area contributed by atoms with Crippen molar-refractivity contribution in [2.75, 3.05) is 25.0 Å². The fraction of sp³-hybridized carbons (Fsp3) is 0.733. The maximum Gasteiger partial charge on any atom is 0.144 e. The van der Waals surface area contributed by atoms with Gasteiger partial charge in [-0.15, -0.1) is 0 Å². The summed E-state index contributed by atoms with van der Waals surface area (Å²) in [4.78, 5) is 11.5. The number of nitrogens with one attached hydrogen (secondary N) is 1. The lowest BCUT2D eigenvalue weighted by atomic mass is 10.2. The first-order chi connectivity index (χ1) is 9.56. The predicted octanol–water partition coefficient (Wildman–Crippen LogP) is 2.22. The minimum Gasteiger partial charge on any atom is -0.373 e. The van der Waals surface area contributed by atoms with E-state index >= 15 is 0 Å². The van der Waals surface area contributed by atoms with E-state index in [1.807, 2.05) is 13.0 Å². The van der Waals surface area contributed by atoms with Gasteiger partial charge in [0, 0.05) is 31.4 Å². The molecular formula is C15H26N4O. The molecule has 2 atom stereocenters. The van der Waals surface area contributed by atoms with Crippen molar-refractivity contribution in [3.63, 3.8) is 0 Å². The van der Waals surface area contributed by atoms with Crippen molar-refractivity contribution in [1.29, 1.82) is 0 Å². The van der Waals surface area contributed by atoms with Gasteiger partial charge in [-0.1, -0.05) is 6.92 Å². The molecular weight excluding hydrogens is 252 g/mol. The third-order valence-corrected chi connectivity index (χ3v) is 3.32. The molecule has 112 valence electrons. The van der Waals surface area contributed by atoms with Crippen LogP contribution in [0.15, 0.2) is 6.07 Å². The Bertz CT molecular complexity index is 428. The number of ether oxygens (including phenoxy) is 1. The highest BCUT2D eigenvalue weighted by Gasteiger charge is 2.22. The molecule has 1 saturated heterocycles. The third-order valence-electron chi connectivity index (χ3n) is 3.32. The first kappa shape index (κ1) is 15.2. The van der Waals surface area contributed by atoms with E-state index in [4.69, 9.17) is 4.74 Å². The van der Waals surface area contributed by atoms with Crippen LogP contribution in [0.1, 0.15) is 38.7 Å². The molecule has 0 saturated carbocycles. The number of aryl methyl sites for hydroxylation is 1. The molecule has 1 N–H and O–H groups in total. The van der Waals surface area contributed by atoms with Crippen LogP contribution in [0.2, 0.25) is 0 Å². The summed E-state index contributed by atoms with van der Waals surface area (Å²) in [7, 11) is 0. The van der Waals surface area contributed by atoms with Crippen molar-refractivity contribution in [3.8, 4) is 0 Å². The summed E-state index contributed by atoms with van der Waals surface area (Å²) in [5.74, 6) is 1.83. The van der Waals surface area contributed by atoms with Crippen molar-refractivity contribution in [2.24, 2.45) is 0 Å². The molecule has 1 aliphatic heterocycles. The fourth-order valence-corrected chi connectivity index (χ4v) is 2.66. The van der Waals surface area contributed by atoms with Gasteiger partial charge in [-0.25, -0.2) is 9.97 Å². The highest BCUT2D eigenvalue weighted by atomic mass is 16.5. The Kier molecular flexibility index (Phi) is 5.31. The summed E-state index contributed by atoms with van der Waals surface area (Å²) in [6, 6.07) is 2.00. The molecule has 2 unspecified atom stereocenters. The molecule has 0 radical (unpaired) electrons. The normalized spacial score (nSPS) is 23.8. The average molecular weight is 278 g/mol. The van der Waals surface area contributed by atoms with Crippen LogP contribution in [0.25, 0.3) is 0 Å². The second-order valence-electron chi connectivity index (χ2n) is 5.69. The molecule has 1 aliphatic rings. The molecule has 0 bridgehead atoms. The van der Waals surface area contributed by atoms with E-state index in [-0.39, 0.29) is 12.2 Å². The Labute approximate surface area is 121 Å². The molecule has 5 heteroatoms. The average Bonchev–Trinajstić information content (AvgIpc) is 2.34. The van der Waals surface area contributed by atoms with Gasteiger partial charge in [-0.3, -0.25) is 4.90 Å². The number of aromatic nitrogens is 2. The van der Waals surface area contributed by atoms with Crippen LogP contribution >= 0.6 is 0 Å². The van der Waals surface area contributed by atoms with Crippen molar-refractivity contribution < 1.29 is 4.74 Å². The second-order valence-corrected chi connectivity index (χ2v) is 5.69. The van der Waals surface area contributed by atoms with Gasteiger partial charge in [0.2, 0.25) is 0 Å². The molecule has 1 aromatic rings. The molecule has 5 nitrogen and oxygen atoms in total. The standard InChI is InChI=1S/C15H26N4O/c1-5-6-16-14-7-11(2)17-15(18-14)10-19-8-12(3)20-13(4)9-19/h7,12-13H,5-6,8-10H2,1-4H3,(H,16,17,18). The topological polar surface area (TPSA) is 50.3 Å². The van der Waals surface area contributed by atoms with Crippen molar-refractivity contribution in [3.05, 3.63) is 17.6 Å². The quantitative estimate of drug-likeness (QED) is 0.895. The van der Waals surface area contributed by atoms with Gasteiger partial charge in [0.15, 0.2) is 0 Å². The molecule has 2 rings (SSSR count). The third kappa shape index (κ3) is 4.42. The van der Waals surface area contributed by atoms with E-state index in [0.29, 0.717) is 0 Å². The number of nitrogens with zero attached hydrogens (tertiary/aromatic N) is 3. The maximum absolute atomic E-state index is 5.76. The van der Waals surface area contributed by atoms with E-state index in [0.717, 1.165) is 49.9 Å². The second kappa shape index (κ2) is 6.99. The zero-order chi connectivity index (χ0) is 14.5. The monoisotopic (exact) mass is 278 g/mol. The van der Waals surface area contributed by atoms with Crippen LogP contribution in [0.5, 0.6) is 0 Å². The smallest absolute Gasteiger partial charge is 0.144 e. The maximum atomic E-state index is 5.76. The van der Waals surface area contributed by atoms with Crippen LogP contribution in [0.3, 0.4) is 0 Å². The Morgan fingerprint density at radius 2 is 2.00 bits per heavy atom. The molecule has 0 aliphatic carbocycles. The van der Waals surface area contributed by atoms with Crippen molar-refractivity contribution in [2.45, 2.75) is 52.9 Å². The highest BCUT2D eigenvalue weighted by Crippen LogP contribution is 2.14. The van der Waals surface area contributed by atoms with E-state index in [1.54, 1.807) is 0 Å². The summed E-state index contributed by atoms with van der Waals surface area (Å²) in [5, 5.41) is 3.34. The number of hydrogen-bond acceptors (Lipinski definition) is 5. The van der Waals surface area contributed by atoms with Gasteiger partial charge in [0.05, 0.1) is 18.8 Å². The summed E-state index contributed by atoms with van der Waals surface area (Å²) in [6.07, 6.45) is 1.65.